The van der Waals surface area contributed by atoms with Crippen molar-refractivity contribution in [2.45, 2.75) is 69.8 Å². The fourth-order valence-corrected chi connectivity index (χ4v) is 5.22. The molecular formula is C22H25BrF3N3O2S. The maximum Gasteiger partial charge on any atom is 0.417 e. The van der Waals surface area contributed by atoms with Gasteiger partial charge in [0.2, 0.25) is 0 Å². The van der Waals surface area contributed by atoms with Crippen LogP contribution in [-0.2, 0) is 15.7 Å². The summed E-state index contributed by atoms with van der Waals surface area (Å²) in [5.74, 6) is -0.379. The fourth-order valence-electron chi connectivity index (χ4n) is 4.43. The SMILES string of the molecule is CC1(C)C(=O)N(c2ccc(C#N)c(C(F)(F)F)c2)C(=S)N1[C@H]1CC[C@H](OCCCBr)CC1. The van der Waals surface area contributed by atoms with Crippen molar-refractivity contribution < 1.29 is 22.7 Å². The monoisotopic (exact) mass is 531 g/mol. The topological polar surface area (TPSA) is 56.6 Å². The molecule has 1 aliphatic carbocycles. The zero-order valence-electron chi connectivity index (χ0n) is 17.9. The van der Waals surface area contributed by atoms with Crippen molar-refractivity contribution in [3.63, 3.8) is 0 Å². The third kappa shape index (κ3) is 4.80. The molecule has 3 rings (SSSR count). The quantitative estimate of drug-likeness (QED) is 0.279. The number of hydrogen-bond acceptors (Lipinski definition) is 4. The number of carbonyl (C=O) groups excluding carboxylic acids is 1. The lowest BCUT2D eigenvalue weighted by atomic mass is 9.89. The first kappa shape index (κ1) is 24.9. The van der Waals surface area contributed by atoms with Crippen LogP contribution in [0.15, 0.2) is 18.2 Å². The summed E-state index contributed by atoms with van der Waals surface area (Å²) >= 11 is 9.00. The zero-order chi connectivity index (χ0) is 23.7. The molecule has 2 fully saturated rings. The third-order valence-electron chi connectivity index (χ3n) is 6.05. The van der Waals surface area contributed by atoms with Gasteiger partial charge in [0.25, 0.3) is 5.91 Å². The number of nitriles is 1. The number of benzene rings is 1. The summed E-state index contributed by atoms with van der Waals surface area (Å²) in [4.78, 5) is 16.3. The molecule has 0 aromatic heterocycles. The Balaban J connectivity index is 1.83. The van der Waals surface area contributed by atoms with Crippen LogP contribution in [0.1, 0.15) is 57.1 Å². The van der Waals surface area contributed by atoms with Crippen LogP contribution in [-0.4, -0.2) is 45.5 Å². The van der Waals surface area contributed by atoms with Gasteiger partial charge in [-0.15, -0.1) is 0 Å². The van der Waals surface area contributed by atoms with Crippen LogP contribution in [0.4, 0.5) is 18.9 Å². The van der Waals surface area contributed by atoms with Crippen LogP contribution >= 0.6 is 28.1 Å². The lowest BCUT2D eigenvalue weighted by Crippen LogP contribution is -2.51. The Morgan fingerprint density at radius 3 is 2.50 bits per heavy atom. The van der Waals surface area contributed by atoms with E-state index in [0.29, 0.717) is 6.61 Å². The van der Waals surface area contributed by atoms with Crippen LogP contribution < -0.4 is 4.90 Å². The number of carbonyl (C=O) groups is 1. The molecule has 2 aliphatic rings. The largest absolute Gasteiger partial charge is 0.417 e. The minimum Gasteiger partial charge on any atom is -0.378 e. The maximum absolute atomic E-state index is 13.5. The molecule has 0 bridgehead atoms. The van der Waals surface area contributed by atoms with E-state index in [4.69, 9.17) is 22.2 Å². The van der Waals surface area contributed by atoms with Crippen molar-refractivity contribution in [3.8, 4) is 6.07 Å². The van der Waals surface area contributed by atoms with Crippen molar-refractivity contribution in [2.75, 3.05) is 16.8 Å². The second kappa shape index (κ2) is 9.65. The molecule has 1 saturated carbocycles. The Labute approximate surface area is 199 Å². The Morgan fingerprint density at radius 1 is 1.28 bits per heavy atom. The van der Waals surface area contributed by atoms with E-state index in [9.17, 15) is 18.0 Å². The summed E-state index contributed by atoms with van der Waals surface area (Å²) in [6.45, 7) is 4.18. The first-order valence-electron chi connectivity index (χ1n) is 10.5. The lowest BCUT2D eigenvalue weighted by molar-refractivity contribution is -0.137. The first-order valence-corrected chi connectivity index (χ1v) is 12.0. The Hall–Kier alpha value is -1.70. The van der Waals surface area contributed by atoms with Gasteiger partial charge < -0.3 is 9.64 Å². The van der Waals surface area contributed by atoms with Gasteiger partial charge in [-0.25, -0.2) is 0 Å². The van der Waals surface area contributed by atoms with Crippen molar-refractivity contribution in [3.05, 3.63) is 29.3 Å². The smallest absolute Gasteiger partial charge is 0.378 e. The molecule has 10 heteroatoms. The number of thiocarbonyl (C=S) groups is 1. The van der Waals surface area contributed by atoms with Crippen LogP contribution in [0.25, 0.3) is 0 Å². The van der Waals surface area contributed by atoms with E-state index in [0.717, 1.165) is 49.6 Å². The molecule has 0 radical (unpaired) electrons. The second-order valence-corrected chi connectivity index (χ2v) is 9.69. The summed E-state index contributed by atoms with van der Waals surface area (Å²) in [5.41, 5.74) is -2.54. The summed E-state index contributed by atoms with van der Waals surface area (Å²) in [6.07, 6.45) is -0.360. The van der Waals surface area contributed by atoms with E-state index in [-0.39, 0.29) is 28.9 Å². The van der Waals surface area contributed by atoms with Crippen LogP contribution in [0, 0.1) is 11.3 Å². The number of alkyl halides is 4. The predicted molar refractivity (Wildman–Crippen MR) is 123 cm³/mol. The van der Waals surface area contributed by atoms with E-state index in [1.807, 2.05) is 4.90 Å². The van der Waals surface area contributed by atoms with Crippen LogP contribution in [0.2, 0.25) is 0 Å². The van der Waals surface area contributed by atoms with Crippen molar-refractivity contribution in [2.24, 2.45) is 0 Å². The van der Waals surface area contributed by atoms with Gasteiger partial charge in [0.1, 0.15) is 5.54 Å². The van der Waals surface area contributed by atoms with E-state index in [1.165, 1.54) is 11.0 Å². The van der Waals surface area contributed by atoms with Gasteiger partial charge in [0.05, 0.1) is 29.0 Å². The Morgan fingerprint density at radius 2 is 1.94 bits per heavy atom. The number of ether oxygens (including phenoxy) is 1. The van der Waals surface area contributed by atoms with Crippen LogP contribution in [0.5, 0.6) is 0 Å². The second-order valence-electron chi connectivity index (χ2n) is 8.54. The number of amides is 1. The summed E-state index contributed by atoms with van der Waals surface area (Å²) < 4.78 is 46.3. The Kier molecular flexibility index (Phi) is 7.52. The van der Waals surface area contributed by atoms with Gasteiger partial charge in [0, 0.05) is 18.0 Å². The minimum atomic E-state index is -4.71. The molecule has 1 saturated heterocycles. The maximum atomic E-state index is 13.5. The highest BCUT2D eigenvalue weighted by Gasteiger charge is 2.52. The number of anilines is 1. The van der Waals surface area contributed by atoms with Gasteiger partial charge in [-0.2, -0.15) is 18.4 Å². The molecule has 1 amide bonds. The lowest BCUT2D eigenvalue weighted by Gasteiger charge is -2.40. The average Bonchev–Trinajstić information content (AvgIpc) is 2.92. The third-order valence-corrected chi connectivity index (χ3v) is 6.99. The van der Waals surface area contributed by atoms with E-state index in [2.05, 4.69) is 15.9 Å². The molecule has 1 aromatic carbocycles. The number of hydrogen-bond donors (Lipinski definition) is 0. The first-order chi connectivity index (χ1) is 15.0. The molecule has 0 spiro atoms. The molecule has 1 aliphatic heterocycles. The summed E-state index contributed by atoms with van der Waals surface area (Å²) in [7, 11) is 0. The molecular weight excluding hydrogens is 507 g/mol. The Bertz CT molecular complexity index is 924. The fraction of sp³-hybridized carbons (Fsp3) is 0.591. The van der Waals surface area contributed by atoms with E-state index >= 15 is 0 Å². The molecule has 5 nitrogen and oxygen atoms in total. The highest BCUT2D eigenvalue weighted by Crippen LogP contribution is 2.40. The van der Waals surface area contributed by atoms with E-state index < -0.39 is 22.8 Å². The summed E-state index contributed by atoms with van der Waals surface area (Å²) in [5, 5.41) is 10.1. The predicted octanol–water partition coefficient (Wildman–Crippen LogP) is 5.40. The number of halogens is 4. The van der Waals surface area contributed by atoms with Gasteiger partial charge in [-0.3, -0.25) is 9.69 Å². The molecule has 32 heavy (non-hydrogen) atoms. The molecule has 0 N–H and O–H groups in total. The minimum absolute atomic E-state index is 0.00273. The normalized spacial score (nSPS) is 23.5. The van der Waals surface area contributed by atoms with E-state index in [1.54, 1.807) is 19.9 Å². The number of nitrogens with zero attached hydrogens (tertiary/aromatic N) is 3. The average molecular weight is 532 g/mol. The van der Waals surface area contributed by atoms with Crippen molar-refractivity contribution in [1.29, 1.82) is 5.26 Å². The molecule has 1 heterocycles. The van der Waals surface area contributed by atoms with Crippen molar-refractivity contribution >= 4 is 44.9 Å². The van der Waals surface area contributed by atoms with Gasteiger partial charge >= 0.3 is 6.18 Å². The molecule has 0 unspecified atom stereocenters. The molecule has 174 valence electrons. The van der Waals surface area contributed by atoms with Gasteiger partial charge in [-0.05, 0) is 76.4 Å². The molecule has 1 aromatic rings. The number of rotatable bonds is 6. The summed E-state index contributed by atoms with van der Waals surface area (Å²) in [6, 6.07) is 4.82. The molecule has 0 atom stereocenters. The highest BCUT2D eigenvalue weighted by molar-refractivity contribution is 9.09. The zero-order valence-corrected chi connectivity index (χ0v) is 20.3. The van der Waals surface area contributed by atoms with Crippen molar-refractivity contribution in [1.82, 2.24) is 4.90 Å². The van der Waals surface area contributed by atoms with Gasteiger partial charge in [0.15, 0.2) is 5.11 Å². The van der Waals surface area contributed by atoms with Gasteiger partial charge in [-0.1, -0.05) is 15.9 Å². The highest BCUT2D eigenvalue weighted by atomic mass is 79.9. The van der Waals surface area contributed by atoms with Crippen LogP contribution in [0.3, 0.4) is 0 Å². The standard InChI is InChI=1S/C22H25BrF3N3O2S/c1-21(2)19(30)28(16-5-4-14(13-27)18(12-16)22(24,25)26)20(32)29(21)15-6-8-17(9-7-15)31-11-3-10-23/h4-5,12,15,17H,3,6-11H2,1-2H3/t15-,17-.